The number of hydrogen-bond acceptors (Lipinski definition) is 6. The average molecular weight is 442 g/mol. The summed E-state index contributed by atoms with van der Waals surface area (Å²) in [6, 6.07) is 14.0. The molecule has 5 N–H and O–H groups in total. The van der Waals surface area contributed by atoms with Crippen LogP contribution in [0.4, 0.5) is 5.69 Å². The summed E-state index contributed by atoms with van der Waals surface area (Å²) >= 11 is 1.39. The smallest absolute Gasteiger partial charge is 0.275 e. The second-order valence-corrected chi connectivity index (χ2v) is 8.91. The lowest BCUT2D eigenvalue weighted by Gasteiger charge is -2.14. The molecule has 1 amide bonds. The third-order valence-corrected chi connectivity index (χ3v) is 6.73. The van der Waals surface area contributed by atoms with Crippen molar-refractivity contribution in [2.24, 2.45) is 5.73 Å². The summed E-state index contributed by atoms with van der Waals surface area (Å²) in [6.07, 6.45) is 5.46. The van der Waals surface area contributed by atoms with Crippen molar-refractivity contribution in [1.82, 2.24) is 25.4 Å². The summed E-state index contributed by atoms with van der Waals surface area (Å²) in [4.78, 5) is 17.5. The Morgan fingerprint density at radius 3 is 2.69 bits per heavy atom. The van der Waals surface area contributed by atoms with Crippen LogP contribution in [0.1, 0.15) is 28.9 Å². The van der Waals surface area contributed by atoms with Gasteiger partial charge in [0.1, 0.15) is 10.7 Å². The lowest BCUT2D eigenvalue weighted by Crippen LogP contribution is -2.18. The fourth-order valence-electron chi connectivity index (χ4n) is 3.80. The van der Waals surface area contributed by atoms with Crippen molar-refractivity contribution in [3.63, 3.8) is 0 Å². The number of thiazole rings is 1. The van der Waals surface area contributed by atoms with E-state index < -0.39 is 0 Å². The monoisotopic (exact) mass is 441 g/mol. The van der Waals surface area contributed by atoms with Crippen LogP contribution in [0.2, 0.25) is 0 Å². The first-order valence-corrected chi connectivity index (χ1v) is 11.1. The summed E-state index contributed by atoms with van der Waals surface area (Å²) in [5.74, 6) is -0.275. The molecule has 1 aliphatic carbocycles. The van der Waals surface area contributed by atoms with Crippen LogP contribution in [0, 0.1) is 0 Å². The topological polar surface area (TPSA) is 125 Å². The van der Waals surface area contributed by atoms with Gasteiger partial charge in [0.25, 0.3) is 5.91 Å². The molecule has 2 aromatic carbocycles. The minimum Gasteiger partial charge on any atom is -0.321 e. The third kappa shape index (κ3) is 3.28. The lowest BCUT2D eigenvalue weighted by atomic mass is 9.98. The Morgan fingerprint density at radius 1 is 1.09 bits per heavy atom. The molecule has 5 aromatic rings. The highest BCUT2D eigenvalue weighted by Gasteiger charge is 2.39. The van der Waals surface area contributed by atoms with Gasteiger partial charge < -0.3 is 11.1 Å². The number of carbonyl (C=O) groups excluding carboxylic acids is 1. The van der Waals surface area contributed by atoms with Gasteiger partial charge in [-0.3, -0.25) is 15.0 Å². The fraction of sp³-hybridized carbons (Fsp3) is 0.130. The van der Waals surface area contributed by atoms with Gasteiger partial charge in [-0.25, -0.2) is 4.98 Å². The number of carbonyl (C=O) groups is 1. The highest BCUT2D eigenvalue weighted by atomic mass is 32.1. The molecule has 0 atom stereocenters. The van der Waals surface area contributed by atoms with Crippen LogP contribution in [0.5, 0.6) is 0 Å². The summed E-state index contributed by atoms with van der Waals surface area (Å²) in [7, 11) is 0. The van der Waals surface area contributed by atoms with Crippen LogP contribution in [-0.4, -0.2) is 31.3 Å². The van der Waals surface area contributed by atoms with Crippen LogP contribution in [0.3, 0.4) is 0 Å². The van der Waals surface area contributed by atoms with E-state index in [9.17, 15) is 4.79 Å². The Balaban J connectivity index is 1.35. The van der Waals surface area contributed by atoms with Crippen molar-refractivity contribution in [1.29, 1.82) is 0 Å². The SMILES string of the molecule is NC1(c2ccc(-c3cc4cn[nH]c4cc3NC(=O)c3csc(-c4ccn[nH]4)n3)cc2)CC1. The minimum absolute atomic E-state index is 0.179. The summed E-state index contributed by atoms with van der Waals surface area (Å²) in [5, 5.41) is 20.4. The van der Waals surface area contributed by atoms with Crippen molar-refractivity contribution in [2.45, 2.75) is 18.4 Å². The normalized spacial score (nSPS) is 14.5. The molecule has 0 spiro atoms. The molecule has 3 aromatic heterocycles. The van der Waals surface area contributed by atoms with E-state index >= 15 is 0 Å². The summed E-state index contributed by atoms with van der Waals surface area (Å²) in [5.41, 5.74) is 11.9. The molecule has 1 saturated carbocycles. The number of nitrogens with two attached hydrogens (primary N) is 1. The van der Waals surface area contributed by atoms with Crippen LogP contribution in [0.15, 0.2) is 60.2 Å². The van der Waals surface area contributed by atoms with E-state index in [1.54, 1.807) is 17.8 Å². The second-order valence-electron chi connectivity index (χ2n) is 8.05. The number of rotatable bonds is 5. The number of aromatic nitrogens is 5. The molecule has 0 radical (unpaired) electrons. The Hall–Kier alpha value is -3.82. The zero-order valence-corrected chi connectivity index (χ0v) is 17.7. The number of H-pyrrole nitrogens is 2. The number of nitrogens with zero attached hydrogens (tertiary/aromatic N) is 3. The van der Waals surface area contributed by atoms with Crippen molar-refractivity contribution in [3.8, 4) is 21.8 Å². The van der Waals surface area contributed by atoms with Gasteiger partial charge in [0, 0.05) is 28.1 Å². The number of anilines is 1. The van der Waals surface area contributed by atoms with Crippen LogP contribution in [-0.2, 0) is 5.54 Å². The molecule has 9 heteroatoms. The van der Waals surface area contributed by atoms with Gasteiger partial charge in [-0.2, -0.15) is 10.2 Å². The molecular weight excluding hydrogens is 422 g/mol. The maximum Gasteiger partial charge on any atom is 0.275 e. The summed E-state index contributed by atoms with van der Waals surface area (Å²) < 4.78 is 0. The van der Waals surface area contributed by atoms with Crippen LogP contribution in [0.25, 0.3) is 32.7 Å². The van der Waals surface area contributed by atoms with Crippen molar-refractivity contribution < 1.29 is 4.79 Å². The van der Waals surface area contributed by atoms with E-state index in [1.807, 2.05) is 18.2 Å². The van der Waals surface area contributed by atoms with E-state index in [2.05, 4.69) is 55.0 Å². The van der Waals surface area contributed by atoms with E-state index in [0.717, 1.165) is 46.1 Å². The maximum absolute atomic E-state index is 13.0. The molecular formula is C23H19N7OS. The van der Waals surface area contributed by atoms with Crippen molar-refractivity contribution in [2.75, 3.05) is 5.32 Å². The summed E-state index contributed by atoms with van der Waals surface area (Å²) in [6.45, 7) is 0. The maximum atomic E-state index is 13.0. The molecule has 1 fully saturated rings. The molecule has 0 unspecified atom stereocenters. The van der Waals surface area contributed by atoms with E-state index in [1.165, 1.54) is 11.3 Å². The predicted octanol–water partition coefficient (Wildman–Crippen LogP) is 4.28. The van der Waals surface area contributed by atoms with Gasteiger partial charge in [-0.05, 0) is 42.2 Å². The van der Waals surface area contributed by atoms with Gasteiger partial charge in [-0.1, -0.05) is 24.3 Å². The molecule has 8 nitrogen and oxygen atoms in total. The number of hydrogen-bond donors (Lipinski definition) is 4. The number of fused-ring (bicyclic) bond motifs is 1. The molecule has 3 heterocycles. The van der Waals surface area contributed by atoms with Crippen LogP contribution < -0.4 is 11.1 Å². The average Bonchev–Trinajstić information content (AvgIpc) is 3.28. The van der Waals surface area contributed by atoms with Gasteiger partial charge in [-0.15, -0.1) is 11.3 Å². The zero-order chi connectivity index (χ0) is 21.7. The highest BCUT2D eigenvalue weighted by molar-refractivity contribution is 7.13. The van der Waals surface area contributed by atoms with Crippen molar-refractivity contribution in [3.05, 3.63) is 71.5 Å². The Morgan fingerprint density at radius 2 is 1.94 bits per heavy atom. The Kier molecular flexibility index (Phi) is 4.20. The molecule has 32 heavy (non-hydrogen) atoms. The minimum atomic E-state index is -0.275. The van der Waals surface area contributed by atoms with Crippen molar-refractivity contribution >= 4 is 33.8 Å². The van der Waals surface area contributed by atoms with Gasteiger partial charge >= 0.3 is 0 Å². The quantitative estimate of drug-likeness (QED) is 0.324. The fourth-order valence-corrected chi connectivity index (χ4v) is 4.58. The van der Waals surface area contributed by atoms with Gasteiger partial charge in [0.2, 0.25) is 0 Å². The third-order valence-electron chi connectivity index (χ3n) is 5.85. The first-order valence-electron chi connectivity index (χ1n) is 10.2. The first kappa shape index (κ1) is 18.9. The lowest BCUT2D eigenvalue weighted by molar-refractivity contribution is 0.102. The van der Waals surface area contributed by atoms with E-state index in [0.29, 0.717) is 16.4 Å². The van der Waals surface area contributed by atoms with Gasteiger partial charge in [0.05, 0.1) is 23.1 Å². The molecule has 0 aliphatic heterocycles. The number of amides is 1. The standard InChI is InChI=1S/C23H19N7OS/c24-23(6-7-23)15-3-1-13(2-4-15)16-9-14-11-26-30-18(14)10-19(16)27-21(31)20-12-32-22(28-20)17-5-8-25-29-17/h1-5,8-12H,6-7,24H2,(H,25,29)(H,26,30)(H,27,31). The largest absolute Gasteiger partial charge is 0.321 e. The number of benzene rings is 2. The highest BCUT2D eigenvalue weighted by Crippen LogP contribution is 2.43. The Labute approximate surface area is 186 Å². The zero-order valence-electron chi connectivity index (χ0n) is 16.9. The molecule has 0 saturated heterocycles. The molecule has 1 aliphatic rings. The predicted molar refractivity (Wildman–Crippen MR) is 124 cm³/mol. The molecule has 0 bridgehead atoms. The van der Waals surface area contributed by atoms with E-state index in [-0.39, 0.29) is 11.4 Å². The molecule has 6 rings (SSSR count). The van der Waals surface area contributed by atoms with Gasteiger partial charge in [0.15, 0.2) is 0 Å². The molecule has 158 valence electrons. The first-order chi connectivity index (χ1) is 15.6. The number of aromatic amines is 2. The Bertz CT molecular complexity index is 1430. The van der Waals surface area contributed by atoms with Crippen LogP contribution >= 0.6 is 11.3 Å². The second kappa shape index (κ2) is 7.11. The number of nitrogens with one attached hydrogen (secondary N) is 3. The van der Waals surface area contributed by atoms with E-state index in [4.69, 9.17) is 5.73 Å².